The largest absolute Gasteiger partial charge is 0.647 e. The molecule has 0 saturated carbocycles. The van der Waals surface area contributed by atoms with Crippen LogP contribution in [0.25, 0.3) is 97.0 Å². The highest BCUT2D eigenvalue weighted by Crippen LogP contribution is 2.55. The van der Waals surface area contributed by atoms with Crippen LogP contribution in [-0.4, -0.2) is 0 Å². The van der Waals surface area contributed by atoms with Crippen molar-refractivity contribution in [3.63, 3.8) is 0 Å². The van der Waals surface area contributed by atoms with Crippen molar-refractivity contribution >= 4 is 105 Å². The Balaban J connectivity index is 1.09. The van der Waals surface area contributed by atoms with E-state index in [9.17, 15) is 0 Å². The number of phosphoric ester groups is 1. The van der Waals surface area contributed by atoms with E-state index in [-0.39, 0.29) is 0 Å². The predicted molar refractivity (Wildman–Crippen MR) is 246 cm³/mol. The monoisotopic (exact) mass is 776 g/mol. The van der Waals surface area contributed by atoms with Gasteiger partial charge in [0, 0.05) is 16.2 Å². The molecule has 12 aromatic rings. The summed E-state index contributed by atoms with van der Waals surface area (Å²) in [6.07, 6.45) is 0. The maximum absolute atomic E-state index is 16.0. The van der Waals surface area contributed by atoms with Crippen LogP contribution in [0.5, 0.6) is 17.2 Å². The molecule has 0 aromatic heterocycles. The Labute approximate surface area is 339 Å². The zero-order valence-corrected chi connectivity index (χ0v) is 32.5. The fraction of sp³-hybridized carbons (Fsp3) is 0. The molecule has 278 valence electrons. The maximum Gasteiger partial charge on any atom is 0.647 e. The second kappa shape index (κ2) is 13.1. The fourth-order valence-corrected chi connectivity index (χ4v) is 10.2. The van der Waals surface area contributed by atoms with E-state index >= 15 is 4.57 Å². The van der Waals surface area contributed by atoms with E-state index in [0.717, 1.165) is 97.0 Å². The summed E-state index contributed by atoms with van der Waals surface area (Å²) in [4.78, 5) is 0. The molecule has 0 aliphatic carbocycles. The maximum atomic E-state index is 16.0. The highest BCUT2D eigenvalue weighted by atomic mass is 31.2. The Kier molecular flexibility index (Phi) is 7.47. The van der Waals surface area contributed by atoms with Crippen LogP contribution in [0.2, 0.25) is 0 Å². The van der Waals surface area contributed by atoms with Crippen LogP contribution >= 0.6 is 7.82 Å². The highest BCUT2D eigenvalue weighted by Gasteiger charge is 2.36. The smallest absolute Gasteiger partial charge is 0.385 e. The van der Waals surface area contributed by atoms with Crippen LogP contribution in [0.3, 0.4) is 0 Å². The van der Waals surface area contributed by atoms with E-state index in [0.29, 0.717) is 17.2 Å². The highest BCUT2D eigenvalue weighted by molar-refractivity contribution is 7.49. The molecule has 5 heteroatoms. The van der Waals surface area contributed by atoms with Crippen LogP contribution in [0, 0.1) is 0 Å². The predicted octanol–water partition coefficient (Wildman–Crippen LogP) is 15.7. The van der Waals surface area contributed by atoms with Crippen molar-refractivity contribution in [2.75, 3.05) is 0 Å². The summed E-state index contributed by atoms with van der Waals surface area (Å²) >= 11 is 0. The van der Waals surface area contributed by atoms with Crippen LogP contribution in [-0.2, 0) is 4.57 Å². The minimum absolute atomic E-state index is 0.402. The molecule has 0 N–H and O–H groups in total. The summed E-state index contributed by atoms with van der Waals surface area (Å²) in [7, 11) is -4.58. The molecule has 0 aliphatic heterocycles. The van der Waals surface area contributed by atoms with Crippen molar-refractivity contribution in [1.82, 2.24) is 0 Å². The quantitative estimate of drug-likeness (QED) is 0.0958. The van der Waals surface area contributed by atoms with Gasteiger partial charge in [-0.2, -0.15) is 4.57 Å². The van der Waals surface area contributed by atoms with Gasteiger partial charge in [-0.05, 0) is 135 Å². The van der Waals surface area contributed by atoms with Gasteiger partial charge in [0.25, 0.3) is 0 Å². The molecule has 0 unspecified atom stereocenters. The van der Waals surface area contributed by atoms with E-state index in [2.05, 4.69) is 109 Å². The number of hydrogen-bond donors (Lipinski definition) is 0. The van der Waals surface area contributed by atoms with Gasteiger partial charge in [0.05, 0.1) is 0 Å². The molecule has 0 heterocycles. The first kappa shape index (κ1) is 33.7. The van der Waals surface area contributed by atoms with Crippen molar-refractivity contribution in [2.45, 2.75) is 0 Å². The third-order valence-electron chi connectivity index (χ3n) is 11.7. The fourth-order valence-electron chi connectivity index (χ4n) is 8.95. The zero-order valence-electron chi connectivity index (χ0n) is 31.6. The Bertz CT molecular complexity index is 3370. The average Bonchev–Trinajstić information content (AvgIpc) is 3.26. The van der Waals surface area contributed by atoms with Crippen molar-refractivity contribution in [1.29, 1.82) is 0 Å². The molecule has 0 radical (unpaired) electrons. The Hall–Kier alpha value is -7.39. The topological polar surface area (TPSA) is 44.8 Å². The molecule has 0 saturated heterocycles. The number of phosphoric acid groups is 1. The first-order valence-electron chi connectivity index (χ1n) is 19.8. The van der Waals surface area contributed by atoms with Gasteiger partial charge in [-0.3, -0.25) is 0 Å². The SMILES string of the molecule is O=P(Oc1cccc2ccc3cc4ccccc4cc3c12)(Oc1cccc2ccc3cc4ccccc4cc3c12)Oc1cccc2ccc3cc4ccccc4cc3c12. The third kappa shape index (κ3) is 5.64. The zero-order chi connectivity index (χ0) is 39.1. The van der Waals surface area contributed by atoms with Crippen LogP contribution < -0.4 is 13.6 Å². The molecule has 0 amide bonds. The lowest BCUT2D eigenvalue weighted by Crippen LogP contribution is -2.08. The van der Waals surface area contributed by atoms with Crippen LogP contribution in [0.4, 0.5) is 0 Å². The summed E-state index contributed by atoms with van der Waals surface area (Å²) in [6, 6.07) is 68.1. The molecular weight excluding hydrogens is 744 g/mol. The second-order valence-corrected chi connectivity index (χ2v) is 16.7. The summed E-state index contributed by atoms with van der Waals surface area (Å²) in [5.41, 5.74) is 0. The van der Waals surface area contributed by atoms with Gasteiger partial charge in [0.2, 0.25) is 0 Å². The molecule has 59 heavy (non-hydrogen) atoms. The number of benzene rings is 12. The lowest BCUT2D eigenvalue weighted by Gasteiger charge is -2.23. The van der Waals surface area contributed by atoms with E-state index in [1.165, 1.54) is 0 Å². The standard InChI is InChI=1S/C54H33O4P/c55-59(56-49-19-7-16-34-22-25-43-28-37-10-1-4-13-40(37)31-46(43)52(34)49,57-50-20-8-17-35-23-26-44-29-38-11-2-5-14-41(38)32-47(44)53(35)50)58-51-21-9-18-36-24-27-45-30-39-12-3-6-15-42(39)33-48(45)54(36)51/h1-33H. The first-order chi connectivity index (χ1) is 29.0. The number of hydrogen-bond acceptors (Lipinski definition) is 4. The van der Waals surface area contributed by atoms with E-state index in [4.69, 9.17) is 13.6 Å². The molecule has 12 aromatic carbocycles. The van der Waals surface area contributed by atoms with Crippen molar-refractivity contribution in [3.8, 4) is 17.2 Å². The molecule has 0 aliphatic rings. The molecule has 12 rings (SSSR count). The van der Waals surface area contributed by atoms with Gasteiger partial charge in [-0.1, -0.05) is 146 Å². The Morgan fingerprint density at radius 3 is 0.814 bits per heavy atom. The van der Waals surface area contributed by atoms with Gasteiger partial charge < -0.3 is 13.6 Å². The van der Waals surface area contributed by atoms with Crippen molar-refractivity contribution in [2.24, 2.45) is 0 Å². The van der Waals surface area contributed by atoms with Gasteiger partial charge in [-0.25, -0.2) is 0 Å². The summed E-state index contributed by atoms with van der Waals surface area (Å²) < 4.78 is 36.5. The molecule has 4 nitrogen and oxygen atoms in total. The van der Waals surface area contributed by atoms with Gasteiger partial charge in [0.15, 0.2) is 0 Å². The normalized spacial score (nSPS) is 12.1. The second-order valence-electron chi connectivity index (χ2n) is 15.2. The molecule has 0 spiro atoms. The lowest BCUT2D eigenvalue weighted by molar-refractivity contribution is 0.302. The molecule has 0 fully saturated rings. The first-order valence-corrected chi connectivity index (χ1v) is 21.2. The van der Waals surface area contributed by atoms with Crippen molar-refractivity contribution in [3.05, 3.63) is 200 Å². The van der Waals surface area contributed by atoms with E-state index in [1.807, 2.05) is 91.0 Å². The Morgan fingerprint density at radius 2 is 0.508 bits per heavy atom. The lowest BCUT2D eigenvalue weighted by atomic mass is 9.98. The third-order valence-corrected chi connectivity index (χ3v) is 13.0. The van der Waals surface area contributed by atoms with E-state index < -0.39 is 7.82 Å². The molecule has 0 atom stereocenters. The summed E-state index contributed by atoms with van der Waals surface area (Å²) in [5, 5.41) is 18.1. The van der Waals surface area contributed by atoms with Gasteiger partial charge >= 0.3 is 7.82 Å². The van der Waals surface area contributed by atoms with Crippen LogP contribution in [0.1, 0.15) is 0 Å². The minimum Gasteiger partial charge on any atom is -0.385 e. The molecular formula is C54H33O4P. The molecule has 0 bridgehead atoms. The Morgan fingerprint density at radius 1 is 0.254 bits per heavy atom. The van der Waals surface area contributed by atoms with E-state index in [1.54, 1.807) is 0 Å². The van der Waals surface area contributed by atoms with Gasteiger partial charge in [0.1, 0.15) is 17.2 Å². The number of rotatable bonds is 6. The summed E-state index contributed by atoms with van der Waals surface area (Å²) in [6.45, 7) is 0. The number of fused-ring (bicyclic) bond motifs is 12. The summed E-state index contributed by atoms with van der Waals surface area (Å²) in [5.74, 6) is 1.21. The van der Waals surface area contributed by atoms with Crippen molar-refractivity contribution < 1.29 is 18.1 Å². The minimum atomic E-state index is -4.58. The van der Waals surface area contributed by atoms with Gasteiger partial charge in [-0.15, -0.1) is 0 Å². The van der Waals surface area contributed by atoms with Crippen LogP contribution in [0.15, 0.2) is 200 Å². The average molecular weight is 777 g/mol.